The molecule has 0 bridgehead atoms. The van der Waals surface area contributed by atoms with Gasteiger partial charge in [-0.15, -0.1) is 0 Å². The molecule has 0 radical (unpaired) electrons. The lowest BCUT2D eigenvalue weighted by molar-refractivity contribution is -0.168. The topological polar surface area (TPSA) is 177 Å². The highest BCUT2D eigenvalue weighted by Gasteiger charge is 2.50. The number of carbonyl (C=O) groups is 5. The Bertz CT molecular complexity index is 1310. The van der Waals surface area contributed by atoms with Crippen LogP contribution in [0.2, 0.25) is 0 Å². The van der Waals surface area contributed by atoms with Gasteiger partial charge >= 0.3 is 23.9 Å². The van der Waals surface area contributed by atoms with Gasteiger partial charge in [-0.1, -0.05) is 30.3 Å². The van der Waals surface area contributed by atoms with E-state index in [4.69, 9.17) is 23.7 Å². The van der Waals surface area contributed by atoms with E-state index < -0.39 is 72.6 Å². The minimum absolute atomic E-state index is 0.0990. The van der Waals surface area contributed by atoms with Crippen molar-refractivity contribution in [3.63, 3.8) is 0 Å². The van der Waals surface area contributed by atoms with Crippen LogP contribution in [0.3, 0.4) is 0 Å². The van der Waals surface area contributed by atoms with Gasteiger partial charge in [0.2, 0.25) is 6.79 Å². The lowest BCUT2D eigenvalue weighted by atomic mass is 9.67. The number of nitrogens with zero attached hydrogens (tertiary/aromatic N) is 1. The minimum Gasteiger partial charge on any atom is -0.493 e. The zero-order valence-electron chi connectivity index (χ0n) is 23.9. The second kappa shape index (κ2) is 13.8. The van der Waals surface area contributed by atoms with Crippen LogP contribution in [-0.2, 0) is 39.8 Å². The van der Waals surface area contributed by atoms with Crippen molar-refractivity contribution in [1.82, 2.24) is 10.3 Å². The molecule has 1 fully saturated rings. The van der Waals surface area contributed by atoms with Gasteiger partial charge in [-0.2, -0.15) is 0 Å². The zero-order valence-corrected chi connectivity index (χ0v) is 23.9. The summed E-state index contributed by atoms with van der Waals surface area (Å²) in [5.41, 5.74) is -1.04. The van der Waals surface area contributed by atoms with E-state index in [0.717, 1.165) is 5.56 Å². The van der Waals surface area contributed by atoms with E-state index in [1.807, 2.05) is 6.07 Å². The number of pyridine rings is 1. The van der Waals surface area contributed by atoms with E-state index in [-0.39, 0.29) is 23.6 Å². The number of amides is 1. The highest BCUT2D eigenvalue weighted by atomic mass is 16.7. The first kappa shape index (κ1) is 31.8. The summed E-state index contributed by atoms with van der Waals surface area (Å²) in [6.07, 6.45) is 0.347. The van der Waals surface area contributed by atoms with Crippen molar-refractivity contribution in [1.29, 1.82) is 0 Å². The Morgan fingerprint density at radius 3 is 2.43 bits per heavy atom. The van der Waals surface area contributed by atoms with Gasteiger partial charge in [0.05, 0.1) is 18.4 Å². The summed E-state index contributed by atoms with van der Waals surface area (Å²) in [5.74, 6) is -6.43. The van der Waals surface area contributed by atoms with Crippen molar-refractivity contribution in [2.45, 2.75) is 46.3 Å². The van der Waals surface area contributed by atoms with Crippen LogP contribution in [-0.4, -0.2) is 72.5 Å². The number of esters is 3. The van der Waals surface area contributed by atoms with Crippen LogP contribution in [0, 0.1) is 17.3 Å². The number of carboxylic acid groups (broad SMARTS) is 1. The van der Waals surface area contributed by atoms with Gasteiger partial charge in [-0.25, -0.2) is 9.78 Å². The molecule has 3 rings (SSSR count). The van der Waals surface area contributed by atoms with E-state index >= 15 is 0 Å². The van der Waals surface area contributed by atoms with Crippen molar-refractivity contribution >= 4 is 29.8 Å². The van der Waals surface area contributed by atoms with E-state index in [0.29, 0.717) is 0 Å². The molecule has 0 aliphatic carbocycles. The van der Waals surface area contributed by atoms with Crippen LogP contribution in [0.4, 0.5) is 0 Å². The maximum atomic E-state index is 13.5. The summed E-state index contributed by atoms with van der Waals surface area (Å²) in [6.45, 7) is 4.47. The first-order valence-electron chi connectivity index (χ1n) is 13.1. The predicted octanol–water partition coefficient (Wildman–Crippen LogP) is 2.16. The van der Waals surface area contributed by atoms with Gasteiger partial charge in [0, 0.05) is 25.1 Å². The molecule has 1 saturated heterocycles. The molecule has 13 heteroatoms. The molecule has 1 aliphatic rings. The highest BCUT2D eigenvalue weighted by molar-refractivity contribution is 5.98. The number of carbonyl (C=O) groups excluding carboxylic acids is 4. The van der Waals surface area contributed by atoms with Crippen molar-refractivity contribution < 1.29 is 52.8 Å². The molecular formula is C29H34N2O11. The maximum absolute atomic E-state index is 13.5. The first-order chi connectivity index (χ1) is 19.9. The molecule has 0 spiro atoms. The average Bonchev–Trinajstić information content (AvgIpc) is 2.97. The molecule has 226 valence electrons. The molecule has 42 heavy (non-hydrogen) atoms. The quantitative estimate of drug-likeness (QED) is 0.236. The largest absolute Gasteiger partial charge is 0.493 e. The lowest BCUT2D eigenvalue weighted by Crippen LogP contribution is -2.48. The molecule has 2 aromatic rings. The number of cyclic esters (lactones) is 2. The van der Waals surface area contributed by atoms with E-state index in [2.05, 4.69) is 10.3 Å². The van der Waals surface area contributed by atoms with Gasteiger partial charge in [0.25, 0.3) is 5.91 Å². The van der Waals surface area contributed by atoms with Crippen molar-refractivity contribution in [2.75, 3.05) is 20.5 Å². The second-order valence-electron chi connectivity index (χ2n) is 10.2. The standard InChI is InChI=1S/C29H34N2O11/c1-16-22(29(3,4)28(36)37)19(13-18-9-7-6-8-10-18)26(34)39-14-20(27(35)42-16)31-25(33)23-24(41-15-40-17(2)32)21(38-5)11-12-30-23/h6-12,16,19-20,22H,13-15H2,1-5H3,(H,31,33)(H,36,37)/t16-,19+,20-,22+/m0/s1. The number of ether oxygens (including phenoxy) is 5. The van der Waals surface area contributed by atoms with Crippen molar-refractivity contribution in [3.05, 3.63) is 53.9 Å². The third kappa shape index (κ3) is 7.53. The van der Waals surface area contributed by atoms with Gasteiger partial charge in [-0.05, 0) is 32.8 Å². The average molecular weight is 587 g/mol. The van der Waals surface area contributed by atoms with Crippen molar-refractivity contribution in [3.8, 4) is 11.5 Å². The SMILES string of the molecule is COc1ccnc(C(=O)N[C@H]2COC(=O)[C@H](Cc3ccccc3)[C@H](C(C)(C)C(=O)O)[C@H](C)OC2=O)c1OCOC(C)=O. The second-order valence-corrected chi connectivity index (χ2v) is 10.2. The molecule has 1 amide bonds. The summed E-state index contributed by atoms with van der Waals surface area (Å²) < 4.78 is 26.6. The molecule has 2 N–H and O–H groups in total. The van der Waals surface area contributed by atoms with Crippen LogP contribution in [0.25, 0.3) is 0 Å². The van der Waals surface area contributed by atoms with Crippen LogP contribution in [0.5, 0.6) is 11.5 Å². The van der Waals surface area contributed by atoms with E-state index in [1.54, 1.807) is 24.3 Å². The number of hydrogen-bond acceptors (Lipinski definition) is 11. The van der Waals surface area contributed by atoms with Gasteiger partial charge in [0.15, 0.2) is 23.2 Å². The summed E-state index contributed by atoms with van der Waals surface area (Å²) in [6, 6.07) is 8.93. The zero-order chi connectivity index (χ0) is 31.0. The molecule has 2 heterocycles. The summed E-state index contributed by atoms with van der Waals surface area (Å²) in [4.78, 5) is 67.4. The lowest BCUT2D eigenvalue weighted by Gasteiger charge is -2.38. The first-order valence-corrected chi connectivity index (χ1v) is 13.1. The fraction of sp³-hybridized carbons (Fsp3) is 0.448. The van der Waals surface area contributed by atoms with Gasteiger partial charge < -0.3 is 34.1 Å². The molecule has 1 aromatic heterocycles. The van der Waals surface area contributed by atoms with Gasteiger partial charge in [0.1, 0.15) is 12.7 Å². The number of methoxy groups -OCH3 is 1. The Balaban J connectivity index is 1.91. The summed E-state index contributed by atoms with van der Waals surface area (Å²) >= 11 is 0. The normalized spacial score (nSPS) is 21.0. The Labute approximate surface area is 242 Å². The van der Waals surface area contributed by atoms with Gasteiger partial charge in [-0.3, -0.25) is 19.2 Å². The molecular weight excluding hydrogens is 552 g/mol. The minimum atomic E-state index is -1.50. The Morgan fingerprint density at radius 1 is 1.12 bits per heavy atom. The maximum Gasteiger partial charge on any atom is 0.332 e. The number of nitrogens with one attached hydrogen (secondary N) is 1. The fourth-order valence-corrected chi connectivity index (χ4v) is 4.85. The summed E-state index contributed by atoms with van der Waals surface area (Å²) in [5, 5.41) is 12.5. The monoisotopic (exact) mass is 586 g/mol. The number of benzene rings is 1. The number of aromatic nitrogens is 1. The molecule has 13 nitrogen and oxygen atoms in total. The third-order valence-electron chi connectivity index (χ3n) is 6.98. The summed E-state index contributed by atoms with van der Waals surface area (Å²) in [7, 11) is 1.33. The third-order valence-corrected chi connectivity index (χ3v) is 6.98. The number of hydrogen-bond donors (Lipinski definition) is 2. The van der Waals surface area contributed by atoms with E-state index in [1.165, 1.54) is 47.1 Å². The van der Waals surface area contributed by atoms with Crippen LogP contribution in [0.1, 0.15) is 43.7 Å². The fourth-order valence-electron chi connectivity index (χ4n) is 4.85. The van der Waals surface area contributed by atoms with Crippen LogP contribution < -0.4 is 14.8 Å². The molecule has 1 aliphatic heterocycles. The number of aliphatic carboxylic acids is 1. The molecule has 1 aromatic carbocycles. The Kier molecular flexibility index (Phi) is 10.5. The molecule has 0 unspecified atom stereocenters. The predicted molar refractivity (Wildman–Crippen MR) is 144 cm³/mol. The van der Waals surface area contributed by atoms with Crippen LogP contribution in [0.15, 0.2) is 42.6 Å². The van der Waals surface area contributed by atoms with Crippen LogP contribution >= 0.6 is 0 Å². The Hall–Kier alpha value is -4.68. The smallest absolute Gasteiger partial charge is 0.332 e. The molecule has 0 saturated carbocycles. The highest BCUT2D eigenvalue weighted by Crippen LogP contribution is 2.40. The van der Waals surface area contributed by atoms with Crippen molar-refractivity contribution in [2.24, 2.45) is 17.3 Å². The molecule has 4 atom stereocenters. The van der Waals surface area contributed by atoms with E-state index in [9.17, 15) is 29.1 Å². The Morgan fingerprint density at radius 2 is 1.81 bits per heavy atom. The number of carboxylic acids is 1. The number of rotatable bonds is 10.